The Labute approximate surface area is 201 Å². The van der Waals surface area contributed by atoms with Crippen molar-refractivity contribution >= 4 is 27.5 Å². The van der Waals surface area contributed by atoms with Crippen molar-refractivity contribution in [3.8, 4) is 0 Å². The number of furan rings is 1. The maximum Gasteiger partial charge on any atom is 0.251 e. The zero-order valence-corrected chi connectivity index (χ0v) is 20.6. The molecule has 0 bridgehead atoms. The van der Waals surface area contributed by atoms with Gasteiger partial charge in [0.05, 0.1) is 17.3 Å². The van der Waals surface area contributed by atoms with E-state index in [0.717, 1.165) is 44.5 Å². The number of halogens is 1. The van der Waals surface area contributed by atoms with Crippen LogP contribution < -0.4 is 5.32 Å². The number of amides is 1. The van der Waals surface area contributed by atoms with Crippen molar-refractivity contribution in [2.24, 2.45) is 5.92 Å². The van der Waals surface area contributed by atoms with Crippen molar-refractivity contribution in [2.75, 3.05) is 32.7 Å². The van der Waals surface area contributed by atoms with Crippen LogP contribution in [0.2, 0.25) is 5.02 Å². The van der Waals surface area contributed by atoms with E-state index in [-0.39, 0.29) is 27.4 Å². The molecule has 3 heterocycles. The van der Waals surface area contributed by atoms with E-state index in [0.29, 0.717) is 25.6 Å². The second-order valence-electron chi connectivity index (χ2n) is 9.09. The highest BCUT2D eigenvalue weighted by atomic mass is 35.5. The Morgan fingerprint density at radius 2 is 1.97 bits per heavy atom. The summed E-state index contributed by atoms with van der Waals surface area (Å²) in [7, 11) is -3.77. The highest BCUT2D eigenvalue weighted by Crippen LogP contribution is 2.29. The number of piperidine rings is 2. The number of likely N-dealkylation sites (tertiary alicyclic amines) is 1. The van der Waals surface area contributed by atoms with Gasteiger partial charge in [0.2, 0.25) is 10.0 Å². The van der Waals surface area contributed by atoms with Crippen LogP contribution >= 0.6 is 11.6 Å². The van der Waals surface area contributed by atoms with Gasteiger partial charge in [-0.25, -0.2) is 8.42 Å². The van der Waals surface area contributed by atoms with Crippen LogP contribution in [0.25, 0.3) is 0 Å². The summed E-state index contributed by atoms with van der Waals surface area (Å²) in [5.74, 6) is 0.784. The fourth-order valence-corrected chi connectivity index (χ4v) is 6.86. The van der Waals surface area contributed by atoms with Crippen LogP contribution in [-0.2, 0) is 10.0 Å². The van der Waals surface area contributed by atoms with Gasteiger partial charge in [0.25, 0.3) is 5.91 Å². The first kappa shape index (κ1) is 24.3. The van der Waals surface area contributed by atoms with Gasteiger partial charge in [0, 0.05) is 25.2 Å². The molecule has 1 N–H and O–H groups in total. The lowest BCUT2D eigenvalue weighted by Gasteiger charge is -2.33. The van der Waals surface area contributed by atoms with Gasteiger partial charge in [-0.3, -0.25) is 9.69 Å². The Morgan fingerprint density at radius 3 is 2.67 bits per heavy atom. The largest absolute Gasteiger partial charge is 0.468 e. The third-order valence-corrected chi connectivity index (χ3v) is 8.94. The third kappa shape index (κ3) is 5.62. The Balaban J connectivity index is 1.50. The maximum atomic E-state index is 13.2. The van der Waals surface area contributed by atoms with Crippen LogP contribution in [0.5, 0.6) is 0 Å². The molecule has 7 nitrogen and oxygen atoms in total. The van der Waals surface area contributed by atoms with Crippen molar-refractivity contribution in [2.45, 2.75) is 50.0 Å². The van der Waals surface area contributed by atoms with E-state index in [2.05, 4.69) is 10.2 Å². The predicted octanol–water partition coefficient (Wildman–Crippen LogP) is 4.31. The second-order valence-corrected chi connectivity index (χ2v) is 11.4. The first-order valence-electron chi connectivity index (χ1n) is 11.7. The van der Waals surface area contributed by atoms with E-state index in [1.807, 2.05) is 19.1 Å². The molecule has 2 aliphatic rings. The highest BCUT2D eigenvalue weighted by Gasteiger charge is 2.31. The van der Waals surface area contributed by atoms with Crippen LogP contribution in [0.1, 0.15) is 61.2 Å². The van der Waals surface area contributed by atoms with E-state index in [1.165, 1.54) is 22.9 Å². The molecule has 1 aromatic heterocycles. The molecule has 0 saturated carbocycles. The van der Waals surface area contributed by atoms with Crippen LogP contribution in [0, 0.1) is 5.92 Å². The maximum absolute atomic E-state index is 13.2. The number of rotatable bonds is 7. The van der Waals surface area contributed by atoms with Gasteiger partial charge in [0.1, 0.15) is 10.7 Å². The Morgan fingerprint density at radius 1 is 1.18 bits per heavy atom. The number of carbonyl (C=O) groups excluding carboxylic acids is 1. The number of carbonyl (C=O) groups is 1. The number of nitrogens with zero attached hydrogens (tertiary/aromatic N) is 2. The first-order chi connectivity index (χ1) is 15.9. The van der Waals surface area contributed by atoms with Gasteiger partial charge >= 0.3 is 0 Å². The number of nitrogens with one attached hydrogen (secondary N) is 1. The van der Waals surface area contributed by atoms with Crippen molar-refractivity contribution in [3.63, 3.8) is 0 Å². The van der Waals surface area contributed by atoms with Crippen LogP contribution in [0.15, 0.2) is 45.9 Å². The molecule has 1 aromatic carbocycles. The average molecular weight is 494 g/mol. The molecule has 9 heteroatoms. The Bertz CT molecular complexity index is 1050. The van der Waals surface area contributed by atoms with Crippen LogP contribution in [0.4, 0.5) is 0 Å². The van der Waals surface area contributed by atoms with Crippen LogP contribution in [0.3, 0.4) is 0 Å². The zero-order valence-electron chi connectivity index (χ0n) is 19.0. The van der Waals surface area contributed by atoms with Gasteiger partial charge in [0.15, 0.2) is 0 Å². The molecule has 180 valence electrons. The molecule has 2 aromatic rings. The molecule has 0 spiro atoms. The SMILES string of the molecule is CC1CCCN(S(=O)(=O)c2cc(C(=O)NCC(c3ccco3)N3CCCCC3)ccc2Cl)C1. The van der Waals surface area contributed by atoms with Crippen molar-refractivity contribution < 1.29 is 17.6 Å². The molecule has 2 unspecified atom stereocenters. The topological polar surface area (TPSA) is 82.9 Å². The summed E-state index contributed by atoms with van der Waals surface area (Å²) in [5, 5.41) is 3.11. The van der Waals surface area contributed by atoms with Gasteiger partial charge in [-0.15, -0.1) is 0 Å². The molecule has 2 atom stereocenters. The quantitative estimate of drug-likeness (QED) is 0.621. The molecular formula is C24H32ClN3O4S. The summed E-state index contributed by atoms with van der Waals surface area (Å²) < 4.78 is 33.6. The van der Waals surface area contributed by atoms with E-state index >= 15 is 0 Å². The van der Waals surface area contributed by atoms with E-state index in [4.69, 9.17) is 16.0 Å². The normalized spacial score (nSPS) is 21.6. The van der Waals surface area contributed by atoms with Gasteiger partial charge in [-0.1, -0.05) is 24.9 Å². The number of hydrogen-bond donors (Lipinski definition) is 1. The van der Waals surface area contributed by atoms with Gasteiger partial charge in [-0.05, 0) is 75.0 Å². The third-order valence-electron chi connectivity index (χ3n) is 6.59. The summed E-state index contributed by atoms with van der Waals surface area (Å²) >= 11 is 6.28. The lowest BCUT2D eigenvalue weighted by Crippen LogP contribution is -2.40. The van der Waals surface area contributed by atoms with Crippen molar-refractivity contribution in [1.29, 1.82) is 0 Å². The Kier molecular flexibility index (Phi) is 7.79. The molecule has 33 heavy (non-hydrogen) atoms. The number of benzene rings is 1. The molecule has 0 aliphatic carbocycles. The van der Waals surface area contributed by atoms with Gasteiger partial charge in [-0.2, -0.15) is 4.31 Å². The first-order valence-corrected chi connectivity index (χ1v) is 13.5. The summed E-state index contributed by atoms with van der Waals surface area (Å²) in [6.07, 6.45) is 6.94. The van der Waals surface area contributed by atoms with Crippen molar-refractivity contribution in [1.82, 2.24) is 14.5 Å². The molecule has 4 rings (SSSR count). The average Bonchev–Trinajstić information content (AvgIpc) is 3.34. The molecule has 1 amide bonds. The monoisotopic (exact) mass is 493 g/mol. The lowest BCUT2D eigenvalue weighted by molar-refractivity contribution is 0.0914. The number of sulfonamides is 1. The van der Waals surface area contributed by atoms with E-state index in [9.17, 15) is 13.2 Å². The second kappa shape index (κ2) is 10.6. The fraction of sp³-hybridized carbons (Fsp3) is 0.542. The predicted molar refractivity (Wildman–Crippen MR) is 128 cm³/mol. The summed E-state index contributed by atoms with van der Waals surface area (Å²) in [6, 6.07) is 8.18. The minimum absolute atomic E-state index is 0.00969. The fourth-order valence-electron chi connectivity index (χ4n) is 4.76. The number of hydrogen-bond acceptors (Lipinski definition) is 5. The smallest absolute Gasteiger partial charge is 0.251 e. The lowest BCUT2D eigenvalue weighted by atomic mass is 10.0. The molecule has 0 radical (unpaired) electrons. The standard InChI is InChI=1S/C24H32ClN3O4S/c1-18-7-5-13-28(17-18)33(30,31)23-15-19(9-10-20(23)25)24(29)26-16-21(22-8-6-14-32-22)27-11-3-2-4-12-27/h6,8-10,14-15,18,21H,2-5,7,11-13,16-17H2,1H3,(H,26,29). The summed E-state index contributed by atoms with van der Waals surface area (Å²) in [4.78, 5) is 15.3. The zero-order chi connectivity index (χ0) is 23.4. The Hall–Kier alpha value is -1.87. The van der Waals surface area contributed by atoms with Crippen LogP contribution in [-0.4, -0.2) is 56.3 Å². The summed E-state index contributed by atoms with van der Waals surface area (Å²) in [5.41, 5.74) is 0.278. The molecular weight excluding hydrogens is 462 g/mol. The molecule has 2 aliphatic heterocycles. The minimum Gasteiger partial charge on any atom is -0.468 e. The van der Waals surface area contributed by atoms with Crippen molar-refractivity contribution in [3.05, 3.63) is 52.9 Å². The van der Waals surface area contributed by atoms with E-state index in [1.54, 1.807) is 12.3 Å². The van der Waals surface area contributed by atoms with Gasteiger partial charge < -0.3 is 9.73 Å². The minimum atomic E-state index is -3.77. The summed E-state index contributed by atoms with van der Waals surface area (Å²) in [6.45, 7) is 5.28. The molecule has 2 fully saturated rings. The van der Waals surface area contributed by atoms with E-state index < -0.39 is 10.0 Å². The molecule has 2 saturated heterocycles. The highest BCUT2D eigenvalue weighted by molar-refractivity contribution is 7.89.